The normalized spacial score (nSPS) is 15.5. The molecule has 1 atom stereocenters. The van der Waals surface area contributed by atoms with E-state index >= 15 is 0 Å². The number of hydrogen-bond donors (Lipinski definition) is 2. The Hall–Kier alpha value is -3.33. The molecule has 1 aliphatic carbocycles. The zero-order valence-electron chi connectivity index (χ0n) is 23.2. The lowest BCUT2D eigenvalue weighted by Gasteiger charge is -2.23. The fraction of sp³-hybridized carbons (Fsp3) is 0.379. The molecular weight excluding hydrogens is 635 g/mol. The van der Waals surface area contributed by atoms with Crippen LogP contribution < -0.4 is 10.0 Å². The summed E-state index contributed by atoms with van der Waals surface area (Å²) in [4.78, 5) is 17.4. The Balaban J connectivity index is 1.68. The fourth-order valence-corrected chi connectivity index (χ4v) is 6.76. The summed E-state index contributed by atoms with van der Waals surface area (Å²) in [5.74, 6) is -3.42. The fourth-order valence-electron chi connectivity index (χ4n) is 4.87. The van der Waals surface area contributed by atoms with Crippen LogP contribution in [0.1, 0.15) is 66.0 Å². The van der Waals surface area contributed by atoms with Crippen molar-refractivity contribution in [3.63, 3.8) is 0 Å². The molecular formula is C29H28F7N3O3S2. The van der Waals surface area contributed by atoms with Crippen molar-refractivity contribution in [2.24, 2.45) is 0 Å². The van der Waals surface area contributed by atoms with Crippen molar-refractivity contribution in [2.45, 2.75) is 67.2 Å². The number of carbonyl (C=O) groups excluding carboxylic acids is 1. The smallest absolute Gasteiger partial charge is 0.351 e. The molecule has 44 heavy (non-hydrogen) atoms. The first-order valence-electron chi connectivity index (χ1n) is 13.5. The summed E-state index contributed by atoms with van der Waals surface area (Å²) in [6.07, 6.45) is -4.17. The van der Waals surface area contributed by atoms with Gasteiger partial charge in [0.15, 0.2) is 0 Å². The van der Waals surface area contributed by atoms with Crippen molar-refractivity contribution in [1.29, 1.82) is 0 Å². The Labute approximate surface area is 253 Å². The maximum Gasteiger partial charge on any atom is 0.433 e. The second-order valence-corrected chi connectivity index (χ2v) is 13.5. The van der Waals surface area contributed by atoms with E-state index in [0.717, 1.165) is 74.8 Å². The molecule has 0 spiro atoms. The molecule has 0 saturated heterocycles. The molecule has 3 aromatic rings. The molecule has 2 aromatic carbocycles. The van der Waals surface area contributed by atoms with E-state index in [4.69, 9.17) is 0 Å². The van der Waals surface area contributed by atoms with Gasteiger partial charge in [-0.15, -0.1) is 11.8 Å². The molecule has 4 rings (SSSR count). The van der Waals surface area contributed by atoms with Crippen LogP contribution in [-0.2, 0) is 33.7 Å². The standard InChI is InChI=1S/C29H28F7N3O3S2/c1-44(41,42)39-23-12-10-18(15-22(23)30)25(17-6-5-7-20(14-17)28(31,32)33)26(40)37-16-19-11-13-24(29(34,35)36)38-27(19)43-21-8-3-2-4-9-21/h5-7,10-15,21,25,39H,2-4,8-9,16H2,1H3,(H,37,40). The average molecular weight is 664 g/mol. The van der Waals surface area contributed by atoms with E-state index in [1.165, 1.54) is 30.0 Å². The van der Waals surface area contributed by atoms with E-state index in [1.807, 2.05) is 4.72 Å². The van der Waals surface area contributed by atoms with E-state index in [0.29, 0.717) is 0 Å². The summed E-state index contributed by atoms with van der Waals surface area (Å²) >= 11 is 1.19. The van der Waals surface area contributed by atoms with Gasteiger partial charge in [0.25, 0.3) is 0 Å². The van der Waals surface area contributed by atoms with Gasteiger partial charge in [0.05, 0.1) is 23.4 Å². The number of thioether (sulfide) groups is 1. The van der Waals surface area contributed by atoms with Gasteiger partial charge in [-0.2, -0.15) is 26.3 Å². The second-order valence-electron chi connectivity index (χ2n) is 10.4. The number of anilines is 1. The highest BCUT2D eigenvalue weighted by molar-refractivity contribution is 7.99. The topological polar surface area (TPSA) is 88.2 Å². The van der Waals surface area contributed by atoms with Crippen molar-refractivity contribution in [3.8, 4) is 0 Å². The van der Waals surface area contributed by atoms with Gasteiger partial charge in [0.2, 0.25) is 15.9 Å². The second kappa shape index (κ2) is 13.3. The van der Waals surface area contributed by atoms with E-state index in [1.54, 1.807) is 0 Å². The van der Waals surface area contributed by atoms with Crippen molar-refractivity contribution in [2.75, 3.05) is 11.0 Å². The molecule has 1 saturated carbocycles. The molecule has 1 amide bonds. The lowest BCUT2D eigenvalue weighted by atomic mass is 9.89. The molecule has 1 fully saturated rings. The third-order valence-electron chi connectivity index (χ3n) is 6.94. The molecule has 2 N–H and O–H groups in total. The highest BCUT2D eigenvalue weighted by Gasteiger charge is 2.35. The van der Waals surface area contributed by atoms with E-state index in [9.17, 15) is 43.9 Å². The first-order valence-corrected chi connectivity index (χ1v) is 16.2. The highest BCUT2D eigenvalue weighted by Crippen LogP contribution is 2.38. The van der Waals surface area contributed by atoms with Gasteiger partial charge in [-0.05, 0) is 48.2 Å². The summed E-state index contributed by atoms with van der Waals surface area (Å²) in [7, 11) is -3.86. The predicted molar refractivity (Wildman–Crippen MR) is 152 cm³/mol. The van der Waals surface area contributed by atoms with Crippen LogP contribution in [-0.4, -0.2) is 30.8 Å². The number of sulfonamides is 1. The number of pyridine rings is 1. The Morgan fingerprint density at radius 3 is 2.25 bits per heavy atom. The summed E-state index contributed by atoms with van der Waals surface area (Å²) in [6, 6.07) is 8.96. The molecule has 1 aliphatic rings. The molecule has 6 nitrogen and oxygen atoms in total. The third-order valence-corrected chi connectivity index (χ3v) is 8.92. The van der Waals surface area contributed by atoms with Crippen molar-refractivity contribution in [1.82, 2.24) is 10.3 Å². The number of aromatic nitrogens is 1. The largest absolute Gasteiger partial charge is 0.433 e. The summed E-state index contributed by atoms with van der Waals surface area (Å²) < 4.78 is 121. The van der Waals surface area contributed by atoms with Gasteiger partial charge in [0, 0.05) is 17.4 Å². The molecule has 15 heteroatoms. The van der Waals surface area contributed by atoms with Gasteiger partial charge in [0.1, 0.15) is 16.5 Å². The van der Waals surface area contributed by atoms with Crippen LogP contribution in [0.2, 0.25) is 0 Å². The SMILES string of the molecule is CS(=O)(=O)Nc1ccc(C(C(=O)NCc2ccc(C(F)(F)F)nc2SC2CCCCC2)c2cccc(C(F)(F)F)c2)cc1F. The van der Waals surface area contributed by atoms with E-state index in [-0.39, 0.29) is 33.5 Å². The average Bonchev–Trinajstić information content (AvgIpc) is 2.93. The number of amides is 1. The van der Waals surface area contributed by atoms with Crippen LogP contribution in [0.15, 0.2) is 59.6 Å². The number of carbonyl (C=O) groups is 1. The van der Waals surface area contributed by atoms with Gasteiger partial charge in [-0.25, -0.2) is 17.8 Å². The summed E-state index contributed by atoms with van der Waals surface area (Å²) in [6.45, 7) is -0.301. The van der Waals surface area contributed by atoms with E-state index < -0.39 is 57.0 Å². The Morgan fingerprint density at radius 2 is 1.64 bits per heavy atom. The van der Waals surface area contributed by atoms with Gasteiger partial charge in [-0.1, -0.05) is 49.6 Å². The van der Waals surface area contributed by atoms with Crippen LogP contribution in [0.5, 0.6) is 0 Å². The highest BCUT2D eigenvalue weighted by atomic mass is 32.2. The van der Waals surface area contributed by atoms with Gasteiger partial charge < -0.3 is 5.32 Å². The first kappa shape index (κ1) is 33.6. The van der Waals surface area contributed by atoms with Crippen molar-refractivity contribution >= 4 is 33.4 Å². The number of nitrogens with one attached hydrogen (secondary N) is 2. The molecule has 1 heterocycles. The number of nitrogens with zero attached hydrogens (tertiary/aromatic N) is 1. The Bertz CT molecular complexity index is 1610. The minimum absolute atomic E-state index is 0.0362. The van der Waals surface area contributed by atoms with Gasteiger partial charge in [-0.3, -0.25) is 9.52 Å². The zero-order chi connectivity index (χ0) is 32.3. The number of benzene rings is 2. The lowest BCUT2D eigenvalue weighted by Crippen LogP contribution is -2.30. The minimum Gasteiger partial charge on any atom is -0.351 e. The number of hydrogen-bond acceptors (Lipinski definition) is 5. The Kier molecular flexibility index (Phi) is 10.2. The molecule has 0 bridgehead atoms. The molecule has 0 aliphatic heterocycles. The summed E-state index contributed by atoms with van der Waals surface area (Å²) in [5, 5.41) is 2.70. The maximum atomic E-state index is 14.9. The van der Waals surface area contributed by atoms with Crippen molar-refractivity contribution in [3.05, 3.63) is 88.4 Å². The molecule has 0 radical (unpaired) electrons. The van der Waals surface area contributed by atoms with E-state index in [2.05, 4.69) is 10.3 Å². The Morgan fingerprint density at radius 1 is 0.955 bits per heavy atom. The van der Waals surface area contributed by atoms with Crippen LogP contribution in [0.25, 0.3) is 0 Å². The monoisotopic (exact) mass is 663 g/mol. The zero-order valence-corrected chi connectivity index (χ0v) is 24.9. The van der Waals surface area contributed by atoms with Crippen LogP contribution in [0.4, 0.5) is 36.4 Å². The predicted octanol–water partition coefficient (Wildman–Crippen LogP) is 7.50. The molecule has 1 unspecified atom stereocenters. The van der Waals surface area contributed by atoms with Crippen LogP contribution in [0, 0.1) is 5.82 Å². The number of rotatable bonds is 9. The number of alkyl halides is 6. The quantitative estimate of drug-likeness (QED) is 0.232. The lowest BCUT2D eigenvalue weighted by molar-refractivity contribution is -0.141. The molecule has 1 aromatic heterocycles. The van der Waals surface area contributed by atoms with Gasteiger partial charge >= 0.3 is 12.4 Å². The number of halogens is 7. The maximum absolute atomic E-state index is 14.9. The molecule has 238 valence electrons. The summed E-state index contributed by atoms with van der Waals surface area (Å²) in [5.41, 5.74) is -2.51. The van der Waals surface area contributed by atoms with Crippen LogP contribution >= 0.6 is 11.8 Å². The first-order chi connectivity index (χ1) is 20.5. The van der Waals surface area contributed by atoms with Crippen LogP contribution in [0.3, 0.4) is 0 Å². The third kappa shape index (κ3) is 8.87. The van der Waals surface area contributed by atoms with Crippen molar-refractivity contribution < 1.29 is 43.9 Å². The minimum atomic E-state index is -4.75.